The molecule has 4 rings (SSSR count). The summed E-state index contributed by atoms with van der Waals surface area (Å²) in [6, 6.07) is 7.94. The molecule has 2 aliphatic rings. The summed E-state index contributed by atoms with van der Waals surface area (Å²) in [6.07, 6.45) is 2.27. The number of hydrogen-bond acceptors (Lipinski definition) is 6. The fraction of sp³-hybridized carbons (Fsp3) is 0.312. The summed E-state index contributed by atoms with van der Waals surface area (Å²) in [5, 5.41) is 14.3. The van der Waals surface area contributed by atoms with Gasteiger partial charge in [0.1, 0.15) is 0 Å². The first kappa shape index (κ1) is 13.1. The second kappa shape index (κ2) is 4.98. The van der Waals surface area contributed by atoms with Gasteiger partial charge in [0.05, 0.1) is 6.04 Å². The zero-order valence-electron chi connectivity index (χ0n) is 12.2. The van der Waals surface area contributed by atoms with Crippen LogP contribution in [0, 0.1) is 6.92 Å². The summed E-state index contributed by atoms with van der Waals surface area (Å²) in [6.45, 7) is 2.04. The molecule has 0 fully saturated rings. The normalized spacial score (nSPS) is 20.6. The lowest BCUT2D eigenvalue weighted by Crippen LogP contribution is -2.23. The third-order valence-electron chi connectivity index (χ3n) is 4.19. The quantitative estimate of drug-likeness (QED) is 0.842. The standard InChI is InChI=1S/C16H16N4O2/c1-9-5-7-10(8-6-9)14-13-11(3-2-4-12(13)21)17-15-16(18-14)20-22-19-15/h5-8,14H,2-4H2,1H3,(H,17,19)(H,18,20)/t14-/m0/s1. The molecule has 1 aliphatic carbocycles. The summed E-state index contributed by atoms with van der Waals surface area (Å²) in [5.74, 6) is 1.25. The predicted molar refractivity (Wildman–Crippen MR) is 81.3 cm³/mol. The molecule has 22 heavy (non-hydrogen) atoms. The molecule has 1 aromatic heterocycles. The van der Waals surface area contributed by atoms with E-state index in [9.17, 15) is 4.79 Å². The zero-order chi connectivity index (χ0) is 15.1. The van der Waals surface area contributed by atoms with E-state index in [1.807, 2.05) is 31.2 Å². The van der Waals surface area contributed by atoms with Crippen LogP contribution in [0.5, 0.6) is 0 Å². The Morgan fingerprint density at radius 3 is 2.73 bits per heavy atom. The number of anilines is 2. The molecule has 2 heterocycles. The molecular weight excluding hydrogens is 280 g/mol. The van der Waals surface area contributed by atoms with Crippen LogP contribution in [0.4, 0.5) is 11.6 Å². The first-order chi connectivity index (χ1) is 10.7. The van der Waals surface area contributed by atoms with Crippen LogP contribution in [-0.4, -0.2) is 16.1 Å². The molecule has 2 aromatic rings. The number of hydrogen-bond donors (Lipinski definition) is 2. The third-order valence-corrected chi connectivity index (χ3v) is 4.19. The second-order valence-corrected chi connectivity index (χ2v) is 5.74. The number of fused-ring (bicyclic) bond motifs is 1. The molecule has 1 aliphatic heterocycles. The van der Waals surface area contributed by atoms with Crippen molar-refractivity contribution < 1.29 is 9.42 Å². The lowest BCUT2D eigenvalue weighted by Gasteiger charge is -2.25. The van der Waals surface area contributed by atoms with Gasteiger partial charge >= 0.3 is 0 Å². The van der Waals surface area contributed by atoms with E-state index in [1.165, 1.54) is 5.56 Å². The number of ketones is 1. The minimum Gasteiger partial charge on any atom is -0.353 e. The average Bonchev–Trinajstić information content (AvgIpc) is 2.87. The van der Waals surface area contributed by atoms with Crippen LogP contribution in [0.1, 0.15) is 36.4 Å². The first-order valence-electron chi connectivity index (χ1n) is 7.41. The minimum absolute atomic E-state index is 0.175. The number of nitrogens with zero attached hydrogens (tertiary/aromatic N) is 2. The van der Waals surface area contributed by atoms with E-state index in [2.05, 4.69) is 20.9 Å². The molecule has 1 aromatic carbocycles. The fourth-order valence-corrected chi connectivity index (χ4v) is 3.05. The number of allylic oxidation sites excluding steroid dienone is 1. The van der Waals surface area contributed by atoms with E-state index in [1.54, 1.807) is 0 Å². The Morgan fingerprint density at radius 2 is 1.91 bits per heavy atom. The van der Waals surface area contributed by atoms with Gasteiger partial charge < -0.3 is 10.6 Å². The number of carbonyl (C=O) groups is 1. The van der Waals surface area contributed by atoms with Crippen molar-refractivity contribution in [2.24, 2.45) is 0 Å². The van der Waals surface area contributed by atoms with Crippen LogP contribution >= 0.6 is 0 Å². The van der Waals surface area contributed by atoms with Crippen molar-refractivity contribution in [1.29, 1.82) is 0 Å². The molecule has 2 N–H and O–H groups in total. The molecule has 112 valence electrons. The number of rotatable bonds is 1. The average molecular weight is 296 g/mol. The number of Topliss-reactive ketones (excluding diaryl/α,β-unsaturated/α-hetero) is 1. The summed E-state index contributed by atoms with van der Waals surface area (Å²) in [4.78, 5) is 12.5. The second-order valence-electron chi connectivity index (χ2n) is 5.74. The van der Waals surface area contributed by atoms with Crippen molar-refractivity contribution in [3.8, 4) is 0 Å². The van der Waals surface area contributed by atoms with Gasteiger partial charge in [-0.2, -0.15) is 0 Å². The van der Waals surface area contributed by atoms with E-state index in [0.29, 0.717) is 18.1 Å². The van der Waals surface area contributed by atoms with Crippen LogP contribution in [0.25, 0.3) is 0 Å². The third kappa shape index (κ3) is 2.07. The Labute approximate surface area is 127 Å². The van der Waals surface area contributed by atoms with Gasteiger partial charge in [0.15, 0.2) is 5.78 Å². The largest absolute Gasteiger partial charge is 0.353 e. The monoisotopic (exact) mass is 296 g/mol. The Kier molecular flexibility index (Phi) is 2.96. The van der Waals surface area contributed by atoms with E-state index in [4.69, 9.17) is 4.63 Å². The number of benzene rings is 1. The fourth-order valence-electron chi connectivity index (χ4n) is 3.05. The van der Waals surface area contributed by atoms with Gasteiger partial charge in [-0.3, -0.25) is 4.79 Å². The predicted octanol–water partition coefficient (Wildman–Crippen LogP) is 2.96. The van der Waals surface area contributed by atoms with Crippen molar-refractivity contribution in [2.75, 3.05) is 10.6 Å². The van der Waals surface area contributed by atoms with E-state index in [-0.39, 0.29) is 11.8 Å². The van der Waals surface area contributed by atoms with Crippen molar-refractivity contribution in [1.82, 2.24) is 10.3 Å². The summed E-state index contributed by atoms with van der Waals surface area (Å²) >= 11 is 0. The molecule has 0 spiro atoms. The van der Waals surface area contributed by atoms with Crippen molar-refractivity contribution in [2.45, 2.75) is 32.2 Å². The van der Waals surface area contributed by atoms with Crippen LogP contribution < -0.4 is 10.6 Å². The molecule has 0 saturated heterocycles. The highest BCUT2D eigenvalue weighted by Crippen LogP contribution is 2.39. The molecular formula is C16H16N4O2. The van der Waals surface area contributed by atoms with E-state index in [0.717, 1.165) is 29.7 Å². The molecule has 6 nitrogen and oxygen atoms in total. The Morgan fingerprint density at radius 1 is 1.14 bits per heavy atom. The van der Waals surface area contributed by atoms with Gasteiger partial charge in [0, 0.05) is 17.7 Å². The van der Waals surface area contributed by atoms with Crippen LogP contribution in [0.15, 0.2) is 40.2 Å². The highest BCUT2D eigenvalue weighted by atomic mass is 16.6. The zero-order valence-corrected chi connectivity index (χ0v) is 12.2. The van der Waals surface area contributed by atoms with E-state index < -0.39 is 0 Å². The maximum atomic E-state index is 12.5. The topological polar surface area (TPSA) is 80.1 Å². The SMILES string of the molecule is Cc1ccc([C@@H]2Nc3nonc3NC3=C2C(=O)CCC3)cc1. The molecule has 0 amide bonds. The molecule has 0 unspecified atom stereocenters. The highest BCUT2D eigenvalue weighted by molar-refractivity contribution is 6.00. The number of carbonyl (C=O) groups excluding carboxylic acids is 1. The van der Waals surface area contributed by atoms with Gasteiger partial charge in [-0.1, -0.05) is 29.8 Å². The number of aryl methyl sites for hydroxylation is 1. The van der Waals surface area contributed by atoms with Crippen molar-refractivity contribution >= 4 is 17.4 Å². The van der Waals surface area contributed by atoms with Gasteiger partial charge in [-0.15, -0.1) is 0 Å². The van der Waals surface area contributed by atoms with Crippen LogP contribution in [0.2, 0.25) is 0 Å². The van der Waals surface area contributed by atoms with Crippen molar-refractivity contribution in [3.05, 3.63) is 46.7 Å². The lowest BCUT2D eigenvalue weighted by molar-refractivity contribution is -0.116. The Balaban J connectivity index is 1.85. The van der Waals surface area contributed by atoms with Crippen LogP contribution in [0.3, 0.4) is 0 Å². The summed E-state index contributed by atoms with van der Waals surface area (Å²) in [5.41, 5.74) is 3.92. The highest BCUT2D eigenvalue weighted by Gasteiger charge is 2.33. The van der Waals surface area contributed by atoms with Crippen LogP contribution in [-0.2, 0) is 4.79 Å². The van der Waals surface area contributed by atoms with Gasteiger partial charge in [0.25, 0.3) is 0 Å². The van der Waals surface area contributed by atoms with Gasteiger partial charge in [-0.05, 0) is 35.6 Å². The Bertz CT molecular complexity index is 761. The molecule has 0 bridgehead atoms. The number of aromatic nitrogens is 2. The first-order valence-corrected chi connectivity index (χ1v) is 7.41. The molecule has 0 radical (unpaired) electrons. The van der Waals surface area contributed by atoms with Gasteiger partial charge in [-0.25, -0.2) is 4.63 Å². The molecule has 6 heteroatoms. The summed E-state index contributed by atoms with van der Waals surface area (Å²) in [7, 11) is 0. The maximum Gasteiger partial charge on any atom is 0.219 e. The van der Waals surface area contributed by atoms with Crippen molar-refractivity contribution in [3.63, 3.8) is 0 Å². The van der Waals surface area contributed by atoms with Gasteiger partial charge in [0.2, 0.25) is 11.6 Å². The summed E-state index contributed by atoms with van der Waals surface area (Å²) < 4.78 is 4.80. The number of nitrogens with one attached hydrogen (secondary N) is 2. The molecule has 1 atom stereocenters. The smallest absolute Gasteiger partial charge is 0.219 e. The maximum absolute atomic E-state index is 12.5. The minimum atomic E-state index is -0.232. The molecule has 0 saturated carbocycles. The Hall–Kier alpha value is -2.63. The lowest BCUT2D eigenvalue weighted by atomic mass is 9.86. The van der Waals surface area contributed by atoms with E-state index >= 15 is 0 Å².